The van der Waals surface area contributed by atoms with E-state index in [0.717, 1.165) is 12.8 Å². The predicted octanol–water partition coefficient (Wildman–Crippen LogP) is 4.56. The van der Waals surface area contributed by atoms with Gasteiger partial charge in [0.2, 0.25) is 5.91 Å². The lowest BCUT2D eigenvalue weighted by molar-refractivity contribution is -0.158. The van der Waals surface area contributed by atoms with Crippen LogP contribution in [0.4, 0.5) is 21.6 Å². The third-order valence-electron chi connectivity index (χ3n) is 7.73. The van der Waals surface area contributed by atoms with Crippen molar-refractivity contribution < 1.29 is 33.0 Å². The molecule has 0 radical (unpaired) electrons. The molecule has 0 bridgehead atoms. The summed E-state index contributed by atoms with van der Waals surface area (Å²) in [5.41, 5.74) is 1.87. The number of hydrogen-bond acceptors (Lipinski definition) is 11. The van der Waals surface area contributed by atoms with Crippen LogP contribution in [0.15, 0.2) is 48.8 Å². The van der Waals surface area contributed by atoms with Crippen LogP contribution in [0, 0.1) is 11.7 Å². The Balaban J connectivity index is 1.30. The van der Waals surface area contributed by atoms with Gasteiger partial charge in [-0.25, -0.2) is 19.2 Å². The zero-order valence-electron chi connectivity index (χ0n) is 26.3. The Morgan fingerprint density at radius 3 is 2.64 bits per heavy atom. The van der Waals surface area contributed by atoms with Crippen molar-refractivity contribution in [2.75, 3.05) is 63.2 Å². The molecule has 1 amide bonds. The van der Waals surface area contributed by atoms with Gasteiger partial charge in [0.15, 0.2) is 0 Å². The summed E-state index contributed by atoms with van der Waals surface area (Å²) in [5, 5.41) is 7.18. The molecule has 2 aliphatic rings. The number of nitrogens with zero attached hydrogens (tertiary/aromatic N) is 4. The third kappa shape index (κ3) is 9.07. The number of anilines is 3. The van der Waals surface area contributed by atoms with Crippen molar-refractivity contribution in [1.82, 2.24) is 19.8 Å². The van der Waals surface area contributed by atoms with Crippen LogP contribution in [0.2, 0.25) is 5.02 Å². The van der Waals surface area contributed by atoms with Crippen molar-refractivity contribution in [2.45, 2.75) is 32.7 Å². The smallest absolute Gasteiger partial charge is 0.330 e. The van der Waals surface area contributed by atoms with E-state index >= 15 is 0 Å². The zero-order valence-corrected chi connectivity index (χ0v) is 27.1. The number of amides is 1. The van der Waals surface area contributed by atoms with Gasteiger partial charge in [0.05, 0.1) is 42.6 Å². The molecule has 2 N–H and O–H groups in total. The Morgan fingerprint density at radius 2 is 1.89 bits per heavy atom. The van der Waals surface area contributed by atoms with Gasteiger partial charge >= 0.3 is 11.9 Å². The Bertz CT molecular complexity index is 1640. The first kappa shape index (κ1) is 33.9. The second kappa shape index (κ2) is 15.9. The molecule has 14 heteroatoms. The van der Waals surface area contributed by atoms with E-state index in [9.17, 15) is 18.8 Å². The van der Waals surface area contributed by atoms with Crippen molar-refractivity contribution in [3.63, 3.8) is 0 Å². The average Bonchev–Trinajstić information content (AvgIpc) is 3.89. The van der Waals surface area contributed by atoms with Crippen molar-refractivity contribution in [1.29, 1.82) is 0 Å². The van der Waals surface area contributed by atoms with Gasteiger partial charge < -0.3 is 29.7 Å². The Hall–Kier alpha value is -4.49. The number of carbonyl (C=O) groups is 3. The van der Waals surface area contributed by atoms with Crippen LogP contribution in [0.5, 0.6) is 5.75 Å². The lowest BCUT2D eigenvalue weighted by Crippen LogP contribution is -2.59. The molecule has 1 atom stereocenters. The van der Waals surface area contributed by atoms with Crippen LogP contribution in [-0.4, -0.2) is 96.2 Å². The first-order chi connectivity index (χ1) is 22.7. The van der Waals surface area contributed by atoms with Gasteiger partial charge in [0.25, 0.3) is 0 Å². The van der Waals surface area contributed by atoms with Crippen molar-refractivity contribution >= 4 is 57.5 Å². The fraction of sp³-hybridized carbons (Fsp3) is 0.424. The molecular weight excluding hydrogens is 631 g/mol. The highest BCUT2D eigenvalue weighted by Gasteiger charge is 2.36. The highest BCUT2D eigenvalue weighted by molar-refractivity contribution is 6.31. The fourth-order valence-electron chi connectivity index (χ4n) is 5.14. The number of esters is 2. The largest absolute Gasteiger partial charge is 0.491 e. The number of nitrogens with one attached hydrogen (secondary N) is 2. The van der Waals surface area contributed by atoms with E-state index in [-0.39, 0.29) is 56.3 Å². The SMILES string of the molecule is CCOC(=O)CN1CCN(C(=O)C=CCNc2cc3c(Nc4ccc(F)c(Cl)c4)ncnc3cc2OCC2CC2)C(C(=O)OCC)C1. The summed E-state index contributed by atoms with van der Waals surface area (Å²) in [4.78, 5) is 50.1. The molecule has 2 fully saturated rings. The van der Waals surface area contributed by atoms with Gasteiger partial charge in [-0.2, -0.15) is 0 Å². The monoisotopic (exact) mass is 668 g/mol. The van der Waals surface area contributed by atoms with Gasteiger partial charge in [-0.3, -0.25) is 14.5 Å². The van der Waals surface area contributed by atoms with Crippen LogP contribution in [0.1, 0.15) is 26.7 Å². The Morgan fingerprint density at radius 1 is 1.09 bits per heavy atom. The van der Waals surface area contributed by atoms with Gasteiger partial charge in [-0.1, -0.05) is 17.7 Å². The Labute approximate surface area is 277 Å². The second-order valence-electron chi connectivity index (χ2n) is 11.2. The molecular formula is C33H38ClFN6O6. The molecule has 1 aliphatic heterocycles. The van der Waals surface area contributed by atoms with Gasteiger partial charge in [0.1, 0.15) is 29.8 Å². The normalized spacial score (nSPS) is 16.7. The van der Waals surface area contributed by atoms with E-state index in [0.29, 0.717) is 52.9 Å². The van der Waals surface area contributed by atoms with Crippen LogP contribution >= 0.6 is 11.6 Å². The van der Waals surface area contributed by atoms with E-state index in [4.69, 9.17) is 25.8 Å². The molecule has 1 saturated heterocycles. The molecule has 1 unspecified atom stereocenters. The topological polar surface area (TPSA) is 135 Å². The molecule has 0 spiro atoms. The lowest BCUT2D eigenvalue weighted by atomic mass is 10.1. The first-order valence-corrected chi connectivity index (χ1v) is 16.0. The molecule has 2 aromatic carbocycles. The maximum absolute atomic E-state index is 13.7. The maximum atomic E-state index is 13.7. The summed E-state index contributed by atoms with van der Waals surface area (Å²) in [6, 6.07) is 7.16. The van der Waals surface area contributed by atoms with Crippen LogP contribution < -0.4 is 15.4 Å². The molecule has 5 rings (SSSR count). The number of carbonyl (C=O) groups excluding carboxylic acids is 3. The number of benzene rings is 2. The van der Waals surface area contributed by atoms with Crippen molar-refractivity contribution in [2.24, 2.45) is 5.92 Å². The average molecular weight is 669 g/mol. The van der Waals surface area contributed by atoms with Gasteiger partial charge in [-0.05, 0) is 56.9 Å². The number of halogens is 2. The lowest BCUT2D eigenvalue weighted by Gasteiger charge is -2.39. The highest BCUT2D eigenvalue weighted by Crippen LogP contribution is 2.36. The number of ether oxygens (including phenoxy) is 3. The molecule has 12 nitrogen and oxygen atoms in total. The molecule has 1 aromatic heterocycles. The van der Waals surface area contributed by atoms with E-state index in [1.165, 1.54) is 29.4 Å². The zero-order chi connectivity index (χ0) is 33.3. The number of rotatable bonds is 14. The van der Waals surface area contributed by atoms with Crippen LogP contribution in [0.25, 0.3) is 10.9 Å². The van der Waals surface area contributed by atoms with Crippen LogP contribution in [-0.2, 0) is 23.9 Å². The molecule has 250 valence electrons. The third-order valence-corrected chi connectivity index (χ3v) is 8.02. The Kier molecular flexibility index (Phi) is 11.4. The van der Waals surface area contributed by atoms with Gasteiger partial charge in [-0.15, -0.1) is 0 Å². The van der Waals surface area contributed by atoms with Crippen molar-refractivity contribution in [3.8, 4) is 5.75 Å². The highest BCUT2D eigenvalue weighted by atomic mass is 35.5. The van der Waals surface area contributed by atoms with E-state index in [2.05, 4.69) is 20.6 Å². The second-order valence-corrected chi connectivity index (χ2v) is 11.6. The molecule has 47 heavy (non-hydrogen) atoms. The quantitative estimate of drug-likeness (QED) is 0.185. The summed E-state index contributed by atoms with van der Waals surface area (Å²) in [6.07, 6.45) is 6.77. The number of piperazine rings is 1. The number of hydrogen-bond donors (Lipinski definition) is 2. The van der Waals surface area contributed by atoms with Crippen LogP contribution in [0.3, 0.4) is 0 Å². The predicted molar refractivity (Wildman–Crippen MR) is 175 cm³/mol. The standard InChI is InChI=1S/C33H38ClFN6O6/c1-3-45-31(43)18-40-12-13-41(28(17-40)33(44)46-4-2)30(42)6-5-11-36-27-15-23-26(16-29(27)47-19-21-7-8-21)37-20-38-32(23)39-22-9-10-25(35)24(34)14-22/h5-6,9-10,14-16,20-21,28,36H,3-4,7-8,11-13,17-19H2,1-2H3,(H,37,38,39). The number of fused-ring (bicyclic) bond motifs is 1. The van der Waals surface area contributed by atoms with Crippen molar-refractivity contribution in [3.05, 3.63) is 59.7 Å². The van der Waals surface area contributed by atoms with Gasteiger partial charge in [0, 0.05) is 49.4 Å². The summed E-state index contributed by atoms with van der Waals surface area (Å²) in [7, 11) is 0. The van der Waals surface area contributed by atoms with E-state index in [1.54, 1.807) is 30.9 Å². The summed E-state index contributed by atoms with van der Waals surface area (Å²) in [5.74, 6) is -0.151. The minimum atomic E-state index is -0.854. The number of aromatic nitrogens is 2. The van der Waals surface area contributed by atoms with E-state index in [1.807, 2.05) is 12.1 Å². The summed E-state index contributed by atoms with van der Waals surface area (Å²) in [6.45, 7) is 5.58. The molecule has 3 aromatic rings. The molecule has 2 heterocycles. The van der Waals surface area contributed by atoms with E-state index < -0.39 is 17.8 Å². The summed E-state index contributed by atoms with van der Waals surface area (Å²) < 4.78 is 30.1. The minimum Gasteiger partial charge on any atom is -0.491 e. The molecule has 1 aliphatic carbocycles. The minimum absolute atomic E-state index is 0.0139. The summed E-state index contributed by atoms with van der Waals surface area (Å²) >= 11 is 5.98. The maximum Gasteiger partial charge on any atom is 0.330 e. The molecule has 1 saturated carbocycles. The fourth-order valence-corrected chi connectivity index (χ4v) is 5.32. The first-order valence-electron chi connectivity index (χ1n) is 15.6.